The quantitative estimate of drug-likeness (QED) is 0.195. The lowest BCUT2D eigenvalue weighted by Crippen LogP contribution is -2.26. The van der Waals surface area contributed by atoms with Crippen molar-refractivity contribution in [1.29, 1.82) is 0 Å². The molecule has 0 atom stereocenters. The number of hydrogen-bond donors (Lipinski definition) is 0. The fourth-order valence-corrected chi connectivity index (χ4v) is 5.30. The van der Waals surface area contributed by atoms with E-state index >= 15 is 0 Å². The van der Waals surface area contributed by atoms with Crippen molar-refractivity contribution in [2.75, 3.05) is 0 Å². The highest BCUT2D eigenvalue weighted by molar-refractivity contribution is 6.38. The monoisotopic (exact) mass is 446 g/mol. The molecule has 0 saturated carbocycles. The number of benzene rings is 6. The molecular formula is C32H30O2. The van der Waals surface area contributed by atoms with Gasteiger partial charge in [0.25, 0.3) is 0 Å². The van der Waals surface area contributed by atoms with Crippen LogP contribution in [0.2, 0.25) is 0 Å². The summed E-state index contributed by atoms with van der Waals surface area (Å²) >= 11 is 0. The molecule has 0 aliphatic rings. The summed E-state index contributed by atoms with van der Waals surface area (Å²) in [6, 6.07) is 26.4. The zero-order chi connectivity index (χ0) is 23.8. The molecule has 0 aliphatic carbocycles. The first-order valence-corrected chi connectivity index (χ1v) is 12.0. The summed E-state index contributed by atoms with van der Waals surface area (Å²) < 4.78 is 13.1. The molecular weight excluding hydrogens is 416 g/mol. The van der Waals surface area contributed by atoms with E-state index in [9.17, 15) is 0 Å². The van der Waals surface area contributed by atoms with E-state index < -0.39 is 0 Å². The van der Waals surface area contributed by atoms with Gasteiger partial charge in [0.05, 0.1) is 0 Å². The van der Waals surface area contributed by atoms with E-state index in [2.05, 4.69) is 114 Å². The Morgan fingerprint density at radius 2 is 1.09 bits per heavy atom. The Labute approximate surface area is 200 Å². The third-order valence-corrected chi connectivity index (χ3v) is 6.35. The molecule has 6 aromatic rings. The molecule has 0 aliphatic heterocycles. The van der Waals surface area contributed by atoms with Crippen LogP contribution in [-0.4, -0.2) is 11.2 Å². The van der Waals surface area contributed by atoms with E-state index in [4.69, 9.17) is 9.47 Å². The van der Waals surface area contributed by atoms with Gasteiger partial charge in [-0.05, 0) is 96.8 Å². The predicted octanol–water partition coefficient (Wildman–Crippen LogP) is 9.24. The summed E-state index contributed by atoms with van der Waals surface area (Å²) in [6.45, 7) is 12.5. The minimum absolute atomic E-state index is 0.344. The number of hydrogen-bond acceptors (Lipinski definition) is 2. The van der Waals surface area contributed by atoms with Crippen LogP contribution in [0.1, 0.15) is 41.5 Å². The molecule has 0 fully saturated rings. The smallest absolute Gasteiger partial charge is 0.169 e. The Bertz CT molecular complexity index is 1710. The van der Waals surface area contributed by atoms with Crippen LogP contribution < -0.4 is 9.47 Å². The van der Waals surface area contributed by atoms with Crippen LogP contribution in [-0.2, 0) is 0 Å². The molecule has 0 saturated heterocycles. The topological polar surface area (TPSA) is 18.5 Å². The van der Waals surface area contributed by atoms with Gasteiger partial charge in [0.2, 0.25) is 0 Å². The van der Waals surface area contributed by atoms with Gasteiger partial charge < -0.3 is 9.47 Å². The van der Waals surface area contributed by atoms with Gasteiger partial charge in [-0.2, -0.15) is 0 Å². The average Bonchev–Trinajstić information content (AvgIpc) is 2.76. The van der Waals surface area contributed by atoms with Crippen LogP contribution in [0.25, 0.3) is 53.9 Å². The first-order valence-electron chi connectivity index (χ1n) is 12.0. The predicted molar refractivity (Wildman–Crippen MR) is 146 cm³/mol. The second-order valence-corrected chi connectivity index (χ2v) is 11.3. The summed E-state index contributed by atoms with van der Waals surface area (Å²) in [6.07, 6.45) is 0. The zero-order valence-corrected chi connectivity index (χ0v) is 20.7. The van der Waals surface area contributed by atoms with Gasteiger partial charge in [-0.1, -0.05) is 60.7 Å². The molecule has 0 aromatic heterocycles. The number of fused-ring (bicyclic) bond motifs is 4. The molecule has 2 nitrogen and oxygen atoms in total. The van der Waals surface area contributed by atoms with Crippen molar-refractivity contribution in [2.24, 2.45) is 0 Å². The normalized spacial score (nSPS) is 13.0. The first-order chi connectivity index (χ1) is 16.1. The number of ether oxygens (including phenoxy) is 2. The van der Waals surface area contributed by atoms with Gasteiger partial charge in [-0.25, -0.2) is 0 Å². The van der Waals surface area contributed by atoms with E-state index in [1.165, 1.54) is 48.5 Å². The zero-order valence-electron chi connectivity index (χ0n) is 20.7. The number of rotatable bonds is 2. The van der Waals surface area contributed by atoms with Crippen molar-refractivity contribution in [3.63, 3.8) is 0 Å². The van der Waals surface area contributed by atoms with Gasteiger partial charge in [0, 0.05) is 10.8 Å². The lowest BCUT2D eigenvalue weighted by Gasteiger charge is -2.29. The Morgan fingerprint density at radius 1 is 0.471 bits per heavy atom. The highest BCUT2D eigenvalue weighted by Gasteiger charge is 2.25. The van der Waals surface area contributed by atoms with Crippen molar-refractivity contribution >= 4 is 53.9 Å². The van der Waals surface area contributed by atoms with Crippen molar-refractivity contribution in [2.45, 2.75) is 52.7 Å². The van der Waals surface area contributed by atoms with E-state index in [-0.39, 0.29) is 11.2 Å². The molecule has 0 radical (unpaired) electrons. The first kappa shape index (κ1) is 21.0. The second kappa shape index (κ2) is 6.99. The van der Waals surface area contributed by atoms with E-state index in [1.807, 2.05) is 0 Å². The van der Waals surface area contributed by atoms with Crippen molar-refractivity contribution in [1.82, 2.24) is 0 Å². The molecule has 6 aromatic carbocycles. The van der Waals surface area contributed by atoms with Gasteiger partial charge in [0.15, 0.2) is 11.5 Å². The molecule has 34 heavy (non-hydrogen) atoms. The standard InChI is InChI=1S/C32H30O2/c1-31(2,3)33-26-18-25-22-14-9-12-20-17-19-11-7-8-13-21(19)29(27(20)22)23-15-10-16-24(28(23)25)30(26)34-32(4,5)6/h7-18H,1-6H3. The Hall–Kier alpha value is -3.52. The van der Waals surface area contributed by atoms with Crippen LogP contribution in [0.4, 0.5) is 0 Å². The summed E-state index contributed by atoms with van der Waals surface area (Å²) in [7, 11) is 0. The van der Waals surface area contributed by atoms with Crippen LogP contribution >= 0.6 is 0 Å². The van der Waals surface area contributed by atoms with Gasteiger partial charge in [-0.3, -0.25) is 0 Å². The second-order valence-electron chi connectivity index (χ2n) is 11.3. The van der Waals surface area contributed by atoms with E-state index in [1.54, 1.807) is 0 Å². The molecule has 0 spiro atoms. The highest BCUT2D eigenvalue weighted by Crippen LogP contribution is 2.49. The Morgan fingerprint density at radius 3 is 1.85 bits per heavy atom. The summed E-state index contributed by atoms with van der Waals surface area (Å²) in [5.74, 6) is 1.61. The van der Waals surface area contributed by atoms with Crippen molar-refractivity contribution < 1.29 is 9.47 Å². The maximum absolute atomic E-state index is 6.59. The molecule has 0 amide bonds. The summed E-state index contributed by atoms with van der Waals surface area (Å²) in [5.41, 5.74) is -0.696. The molecule has 2 heteroatoms. The SMILES string of the molecule is CC(C)(C)Oc1cc2c3cccc4cc5ccccc5c(c5cccc(c1OC(C)(C)C)c25)c43. The molecule has 0 heterocycles. The average molecular weight is 447 g/mol. The molecule has 6 rings (SSSR count). The highest BCUT2D eigenvalue weighted by atomic mass is 16.5. The van der Waals surface area contributed by atoms with Crippen LogP contribution in [0.3, 0.4) is 0 Å². The van der Waals surface area contributed by atoms with Crippen molar-refractivity contribution in [3.05, 3.63) is 72.8 Å². The molecule has 0 bridgehead atoms. The maximum atomic E-state index is 6.59. The fourth-order valence-electron chi connectivity index (χ4n) is 5.30. The summed E-state index contributed by atoms with van der Waals surface area (Å²) in [4.78, 5) is 0. The van der Waals surface area contributed by atoms with Crippen LogP contribution in [0.15, 0.2) is 72.8 Å². The van der Waals surface area contributed by atoms with E-state index in [0.717, 1.165) is 16.9 Å². The minimum atomic E-state index is -0.352. The Kier molecular flexibility index (Phi) is 4.33. The maximum Gasteiger partial charge on any atom is 0.169 e. The molecule has 170 valence electrons. The Balaban J connectivity index is 1.89. The summed E-state index contributed by atoms with van der Waals surface area (Å²) in [5, 5.41) is 12.5. The van der Waals surface area contributed by atoms with Gasteiger partial charge in [-0.15, -0.1) is 0 Å². The van der Waals surface area contributed by atoms with Crippen LogP contribution in [0.5, 0.6) is 11.5 Å². The molecule has 0 N–H and O–H groups in total. The minimum Gasteiger partial charge on any atom is -0.484 e. The van der Waals surface area contributed by atoms with Gasteiger partial charge >= 0.3 is 0 Å². The lowest BCUT2D eigenvalue weighted by atomic mass is 9.87. The molecule has 0 unspecified atom stereocenters. The fraction of sp³-hybridized carbons (Fsp3) is 0.250. The van der Waals surface area contributed by atoms with Crippen LogP contribution in [0, 0.1) is 0 Å². The largest absolute Gasteiger partial charge is 0.484 e. The third-order valence-electron chi connectivity index (χ3n) is 6.35. The van der Waals surface area contributed by atoms with Crippen molar-refractivity contribution in [3.8, 4) is 11.5 Å². The van der Waals surface area contributed by atoms with Gasteiger partial charge in [0.1, 0.15) is 11.2 Å². The van der Waals surface area contributed by atoms with E-state index in [0.29, 0.717) is 0 Å². The third kappa shape index (κ3) is 3.24. The lowest BCUT2D eigenvalue weighted by molar-refractivity contribution is 0.0976.